The maximum Gasteiger partial charge on any atom is 0.224 e. The molecular formula is C15H25N3O2. The molecule has 1 aromatic carbocycles. The number of hydrogen-bond donors (Lipinski definition) is 2. The molecular weight excluding hydrogens is 254 g/mol. The van der Waals surface area contributed by atoms with Crippen molar-refractivity contribution in [1.82, 2.24) is 4.90 Å². The lowest BCUT2D eigenvalue weighted by Gasteiger charge is -2.14. The summed E-state index contributed by atoms with van der Waals surface area (Å²) < 4.78 is 5.28. The Kier molecular flexibility index (Phi) is 6.48. The van der Waals surface area contributed by atoms with Gasteiger partial charge in [-0.3, -0.25) is 4.79 Å². The van der Waals surface area contributed by atoms with E-state index in [0.717, 1.165) is 12.1 Å². The second kappa shape index (κ2) is 7.87. The molecule has 0 aliphatic heterocycles. The predicted octanol–water partition coefficient (Wildman–Crippen LogP) is 1.82. The summed E-state index contributed by atoms with van der Waals surface area (Å²) >= 11 is 0. The summed E-state index contributed by atoms with van der Waals surface area (Å²) in [6.45, 7) is 2.71. The normalized spacial score (nSPS) is 12.3. The van der Waals surface area contributed by atoms with Gasteiger partial charge in [0.15, 0.2) is 0 Å². The average Bonchev–Trinajstić information content (AvgIpc) is 2.36. The third-order valence-electron chi connectivity index (χ3n) is 2.86. The topological polar surface area (TPSA) is 67.6 Å². The van der Waals surface area contributed by atoms with E-state index in [1.54, 1.807) is 7.11 Å². The Morgan fingerprint density at radius 2 is 2.15 bits per heavy atom. The molecule has 112 valence electrons. The summed E-state index contributed by atoms with van der Waals surface area (Å²) in [6.07, 6.45) is 1.09. The van der Waals surface area contributed by atoms with E-state index in [2.05, 4.69) is 10.2 Å². The van der Waals surface area contributed by atoms with Gasteiger partial charge in [0, 0.05) is 19.0 Å². The van der Waals surface area contributed by atoms with Crippen molar-refractivity contribution in [2.75, 3.05) is 26.5 Å². The largest absolute Gasteiger partial charge is 0.495 e. The summed E-state index contributed by atoms with van der Waals surface area (Å²) in [6, 6.07) is 5.85. The first kappa shape index (κ1) is 16.5. The van der Waals surface area contributed by atoms with Gasteiger partial charge < -0.3 is 20.7 Å². The summed E-state index contributed by atoms with van der Waals surface area (Å²) in [5.74, 6) is 0.629. The minimum Gasteiger partial charge on any atom is -0.495 e. The number of nitrogens with two attached hydrogens (primary N) is 1. The third-order valence-corrected chi connectivity index (χ3v) is 2.86. The van der Waals surface area contributed by atoms with E-state index in [0.29, 0.717) is 24.3 Å². The number of benzene rings is 1. The maximum absolute atomic E-state index is 11.9. The van der Waals surface area contributed by atoms with Gasteiger partial charge in [0.2, 0.25) is 5.91 Å². The number of nitrogens with zero attached hydrogens (tertiary/aromatic N) is 1. The van der Waals surface area contributed by atoms with Crippen molar-refractivity contribution in [2.24, 2.45) is 5.73 Å². The molecule has 0 fully saturated rings. The highest BCUT2D eigenvalue weighted by atomic mass is 16.5. The van der Waals surface area contributed by atoms with E-state index in [1.165, 1.54) is 0 Å². The fourth-order valence-electron chi connectivity index (χ4n) is 1.89. The zero-order chi connectivity index (χ0) is 15.1. The van der Waals surface area contributed by atoms with E-state index < -0.39 is 0 Å². The SMILES string of the molecule is COc1ccc(CN(C)C)cc1NC(=O)CCC(C)N. The van der Waals surface area contributed by atoms with Crippen LogP contribution in [0.2, 0.25) is 0 Å². The summed E-state index contributed by atoms with van der Waals surface area (Å²) in [4.78, 5) is 14.0. The molecule has 5 heteroatoms. The van der Waals surface area contributed by atoms with Crippen molar-refractivity contribution in [1.29, 1.82) is 0 Å². The molecule has 5 nitrogen and oxygen atoms in total. The number of hydrogen-bond acceptors (Lipinski definition) is 4. The fourth-order valence-corrected chi connectivity index (χ4v) is 1.89. The number of ether oxygens (including phenoxy) is 1. The summed E-state index contributed by atoms with van der Waals surface area (Å²) in [5.41, 5.74) is 7.49. The molecule has 20 heavy (non-hydrogen) atoms. The first-order valence-electron chi connectivity index (χ1n) is 6.79. The van der Waals surface area contributed by atoms with Gasteiger partial charge in [-0.2, -0.15) is 0 Å². The van der Waals surface area contributed by atoms with Crippen LogP contribution in [0, 0.1) is 0 Å². The standard InChI is InChI=1S/C15H25N3O2/c1-11(16)5-8-15(19)17-13-9-12(10-18(2)3)6-7-14(13)20-4/h6-7,9,11H,5,8,10,16H2,1-4H3,(H,17,19). The molecule has 0 aromatic heterocycles. The second-order valence-corrected chi connectivity index (χ2v) is 5.34. The van der Waals surface area contributed by atoms with Crippen molar-refractivity contribution >= 4 is 11.6 Å². The Hall–Kier alpha value is -1.59. The van der Waals surface area contributed by atoms with Crippen molar-refractivity contribution in [3.8, 4) is 5.75 Å². The number of amides is 1. The van der Waals surface area contributed by atoms with Crippen molar-refractivity contribution in [3.05, 3.63) is 23.8 Å². The maximum atomic E-state index is 11.9. The molecule has 0 bridgehead atoms. The van der Waals surface area contributed by atoms with E-state index >= 15 is 0 Å². The highest BCUT2D eigenvalue weighted by Gasteiger charge is 2.09. The molecule has 3 N–H and O–H groups in total. The van der Waals surface area contributed by atoms with Crippen LogP contribution in [0.5, 0.6) is 5.75 Å². The van der Waals surface area contributed by atoms with Crippen molar-refractivity contribution in [3.63, 3.8) is 0 Å². The number of carbonyl (C=O) groups excluding carboxylic acids is 1. The van der Waals surface area contributed by atoms with Gasteiger partial charge in [-0.05, 0) is 45.1 Å². The highest BCUT2D eigenvalue weighted by molar-refractivity contribution is 5.92. The van der Waals surface area contributed by atoms with Gasteiger partial charge in [-0.1, -0.05) is 6.07 Å². The van der Waals surface area contributed by atoms with Gasteiger partial charge in [-0.15, -0.1) is 0 Å². The van der Waals surface area contributed by atoms with Gasteiger partial charge in [0.1, 0.15) is 5.75 Å². The zero-order valence-electron chi connectivity index (χ0n) is 12.8. The number of carbonyl (C=O) groups is 1. The predicted molar refractivity (Wildman–Crippen MR) is 81.9 cm³/mol. The van der Waals surface area contributed by atoms with Crippen LogP contribution in [-0.2, 0) is 11.3 Å². The second-order valence-electron chi connectivity index (χ2n) is 5.34. The number of anilines is 1. The van der Waals surface area contributed by atoms with Crippen molar-refractivity contribution < 1.29 is 9.53 Å². The highest BCUT2D eigenvalue weighted by Crippen LogP contribution is 2.26. The van der Waals surface area contributed by atoms with E-state index in [9.17, 15) is 4.79 Å². The summed E-state index contributed by atoms with van der Waals surface area (Å²) in [5, 5.41) is 2.89. The molecule has 0 saturated heterocycles. The van der Waals surface area contributed by atoms with Crippen LogP contribution in [0.1, 0.15) is 25.3 Å². The number of methoxy groups -OCH3 is 1. The lowest BCUT2D eigenvalue weighted by atomic mass is 10.1. The molecule has 0 saturated carbocycles. The van der Waals surface area contributed by atoms with Crippen LogP contribution >= 0.6 is 0 Å². The van der Waals surface area contributed by atoms with E-state index in [1.807, 2.05) is 39.2 Å². The number of nitrogens with one attached hydrogen (secondary N) is 1. The lowest BCUT2D eigenvalue weighted by Crippen LogP contribution is -2.20. The number of rotatable bonds is 7. The van der Waals surface area contributed by atoms with Crippen LogP contribution in [0.4, 0.5) is 5.69 Å². The Balaban J connectivity index is 2.77. The quantitative estimate of drug-likeness (QED) is 0.799. The van der Waals surface area contributed by atoms with Gasteiger partial charge >= 0.3 is 0 Å². The van der Waals surface area contributed by atoms with Crippen LogP contribution in [0.15, 0.2) is 18.2 Å². The third kappa shape index (κ3) is 5.59. The molecule has 1 unspecified atom stereocenters. The Morgan fingerprint density at radius 3 is 2.70 bits per heavy atom. The minimum atomic E-state index is -0.0393. The molecule has 0 heterocycles. The minimum absolute atomic E-state index is 0.0303. The van der Waals surface area contributed by atoms with Crippen LogP contribution < -0.4 is 15.8 Å². The van der Waals surface area contributed by atoms with Crippen LogP contribution in [0.25, 0.3) is 0 Å². The van der Waals surface area contributed by atoms with Crippen LogP contribution in [-0.4, -0.2) is 38.1 Å². The molecule has 1 amide bonds. The molecule has 0 spiro atoms. The Labute approximate surface area is 121 Å². The lowest BCUT2D eigenvalue weighted by molar-refractivity contribution is -0.116. The van der Waals surface area contributed by atoms with E-state index in [4.69, 9.17) is 10.5 Å². The first-order valence-corrected chi connectivity index (χ1v) is 6.79. The van der Waals surface area contributed by atoms with Gasteiger partial charge in [-0.25, -0.2) is 0 Å². The van der Waals surface area contributed by atoms with E-state index in [-0.39, 0.29) is 11.9 Å². The average molecular weight is 279 g/mol. The molecule has 1 atom stereocenters. The summed E-state index contributed by atoms with van der Waals surface area (Å²) in [7, 11) is 5.61. The van der Waals surface area contributed by atoms with Gasteiger partial charge in [0.25, 0.3) is 0 Å². The monoisotopic (exact) mass is 279 g/mol. The first-order chi connectivity index (χ1) is 9.42. The smallest absolute Gasteiger partial charge is 0.224 e. The molecule has 0 radical (unpaired) electrons. The zero-order valence-corrected chi connectivity index (χ0v) is 12.8. The fraction of sp³-hybridized carbons (Fsp3) is 0.533. The van der Waals surface area contributed by atoms with Gasteiger partial charge in [0.05, 0.1) is 12.8 Å². The Morgan fingerprint density at radius 1 is 1.45 bits per heavy atom. The molecule has 1 aromatic rings. The van der Waals surface area contributed by atoms with Crippen molar-refractivity contribution in [2.45, 2.75) is 32.4 Å². The molecule has 1 rings (SSSR count). The molecule has 0 aliphatic carbocycles. The Bertz CT molecular complexity index is 445. The molecule has 0 aliphatic rings. The van der Waals surface area contributed by atoms with Crippen LogP contribution in [0.3, 0.4) is 0 Å².